The topological polar surface area (TPSA) is 57.6 Å². The molecule has 1 amide bonds. The van der Waals surface area contributed by atoms with E-state index in [1.54, 1.807) is 4.90 Å². The maximum absolute atomic E-state index is 12.8. The summed E-state index contributed by atoms with van der Waals surface area (Å²) in [6.45, 7) is 6.89. The molecule has 1 aliphatic heterocycles. The van der Waals surface area contributed by atoms with Crippen molar-refractivity contribution in [3.05, 3.63) is 35.4 Å². The molecule has 1 aliphatic carbocycles. The Bertz CT molecular complexity index is 639. The van der Waals surface area contributed by atoms with Gasteiger partial charge in [0.05, 0.1) is 5.41 Å². The van der Waals surface area contributed by atoms with Gasteiger partial charge in [-0.2, -0.15) is 0 Å². The Balaban J connectivity index is 1.70. The summed E-state index contributed by atoms with van der Waals surface area (Å²) in [4.78, 5) is 26.3. The number of carboxylic acids is 1. The minimum absolute atomic E-state index is 0.0316. The molecule has 124 valence electrons. The third-order valence-electron chi connectivity index (χ3n) is 5.84. The molecule has 1 N–H and O–H groups in total. The fourth-order valence-corrected chi connectivity index (χ4v) is 3.96. The van der Waals surface area contributed by atoms with Crippen molar-refractivity contribution >= 4 is 11.9 Å². The molecule has 1 saturated carbocycles. The Morgan fingerprint density at radius 1 is 1.30 bits per heavy atom. The number of carbonyl (C=O) groups is 2. The Hall–Kier alpha value is -1.84. The first-order chi connectivity index (χ1) is 10.9. The molecular weight excluding hydrogens is 290 g/mol. The second-order valence-electron chi connectivity index (χ2n) is 7.43. The number of nitrogens with zero attached hydrogens (tertiary/aromatic N) is 1. The van der Waals surface area contributed by atoms with Gasteiger partial charge in [0.15, 0.2) is 0 Å². The van der Waals surface area contributed by atoms with E-state index in [0.717, 1.165) is 6.42 Å². The normalized spacial score (nSPS) is 29.8. The van der Waals surface area contributed by atoms with Crippen LogP contribution in [-0.2, 0) is 9.59 Å². The van der Waals surface area contributed by atoms with Crippen LogP contribution in [0.25, 0.3) is 0 Å². The van der Waals surface area contributed by atoms with Crippen LogP contribution in [0, 0.1) is 24.2 Å². The van der Waals surface area contributed by atoms with Gasteiger partial charge in [-0.05, 0) is 42.7 Å². The van der Waals surface area contributed by atoms with E-state index in [9.17, 15) is 14.7 Å². The number of aliphatic carboxylic acids is 1. The van der Waals surface area contributed by atoms with E-state index in [1.165, 1.54) is 11.1 Å². The van der Waals surface area contributed by atoms with Crippen LogP contribution in [0.15, 0.2) is 24.3 Å². The highest BCUT2D eigenvalue weighted by Crippen LogP contribution is 2.50. The number of benzene rings is 1. The maximum atomic E-state index is 12.8. The third kappa shape index (κ3) is 2.64. The quantitative estimate of drug-likeness (QED) is 0.929. The average molecular weight is 315 g/mol. The molecule has 23 heavy (non-hydrogen) atoms. The summed E-state index contributed by atoms with van der Waals surface area (Å²) in [5.74, 6) is -0.254. The number of carbonyl (C=O) groups excluding carboxylic acids is 1. The van der Waals surface area contributed by atoms with Gasteiger partial charge in [0.2, 0.25) is 5.91 Å². The zero-order valence-corrected chi connectivity index (χ0v) is 14.1. The van der Waals surface area contributed by atoms with Gasteiger partial charge in [0, 0.05) is 19.0 Å². The zero-order valence-electron chi connectivity index (χ0n) is 14.1. The number of rotatable bonds is 4. The summed E-state index contributed by atoms with van der Waals surface area (Å²) >= 11 is 0. The molecule has 3 atom stereocenters. The average Bonchev–Trinajstić information content (AvgIpc) is 3.15. The lowest BCUT2D eigenvalue weighted by Gasteiger charge is -2.28. The van der Waals surface area contributed by atoms with E-state index in [0.29, 0.717) is 25.4 Å². The maximum Gasteiger partial charge on any atom is 0.311 e. The SMILES string of the molecule is Cc1ccccc1C1CC1C(=O)N1CCC(C(=O)O)(C(C)C)C1. The molecular formula is C19H25NO3. The highest BCUT2D eigenvalue weighted by Gasteiger charge is 2.52. The zero-order chi connectivity index (χ0) is 16.8. The van der Waals surface area contributed by atoms with Gasteiger partial charge in [0.25, 0.3) is 0 Å². The number of aryl methyl sites for hydroxylation is 1. The molecule has 3 rings (SSSR count). The third-order valence-corrected chi connectivity index (χ3v) is 5.84. The van der Waals surface area contributed by atoms with Gasteiger partial charge in [-0.1, -0.05) is 38.1 Å². The number of amides is 1. The minimum Gasteiger partial charge on any atom is -0.481 e. The molecule has 0 spiro atoms. The molecule has 4 nitrogen and oxygen atoms in total. The first-order valence-electron chi connectivity index (χ1n) is 8.44. The van der Waals surface area contributed by atoms with E-state index < -0.39 is 11.4 Å². The number of likely N-dealkylation sites (tertiary alicyclic amines) is 1. The van der Waals surface area contributed by atoms with Crippen LogP contribution in [0.2, 0.25) is 0 Å². The number of hydrogen-bond acceptors (Lipinski definition) is 2. The van der Waals surface area contributed by atoms with Crippen molar-refractivity contribution in [3.63, 3.8) is 0 Å². The van der Waals surface area contributed by atoms with Gasteiger partial charge in [-0.15, -0.1) is 0 Å². The number of hydrogen-bond donors (Lipinski definition) is 1. The summed E-state index contributed by atoms with van der Waals surface area (Å²) in [5.41, 5.74) is 1.72. The van der Waals surface area contributed by atoms with E-state index >= 15 is 0 Å². The van der Waals surface area contributed by atoms with Crippen LogP contribution in [-0.4, -0.2) is 35.0 Å². The monoisotopic (exact) mass is 315 g/mol. The molecule has 0 radical (unpaired) electrons. The molecule has 2 aliphatic rings. The molecule has 1 aromatic rings. The second-order valence-corrected chi connectivity index (χ2v) is 7.43. The summed E-state index contributed by atoms with van der Waals surface area (Å²) in [6, 6.07) is 8.22. The lowest BCUT2D eigenvalue weighted by molar-refractivity contribution is -0.151. The van der Waals surface area contributed by atoms with Crippen molar-refractivity contribution in [2.45, 2.75) is 39.5 Å². The second kappa shape index (κ2) is 5.66. The van der Waals surface area contributed by atoms with Crippen molar-refractivity contribution in [2.24, 2.45) is 17.3 Å². The van der Waals surface area contributed by atoms with Gasteiger partial charge < -0.3 is 10.0 Å². The van der Waals surface area contributed by atoms with E-state index in [-0.39, 0.29) is 17.7 Å². The summed E-state index contributed by atoms with van der Waals surface area (Å²) < 4.78 is 0. The highest BCUT2D eigenvalue weighted by molar-refractivity contribution is 5.85. The molecule has 2 fully saturated rings. The van der Waals surface area contributed by atoms with Crippen LogP contribution in [0.3, 0.4) is 0 Å². The smallest absolute Gasteiger partial charge is 0.311 e. The molecule has 0 aromatic heterocycles. The summed E-state index contributed by atoms with van der Waals surface area (Å²) in [6.07, 6.45) is 1.45. The molecule has 0 bridgehead atoms. The van der Waals surface area contributed by atoms with Crippen LogP contribution in [0.4, 0.5) is 0 Å². The fraction of sp³-hybridized carbons (Fsp3) is 0.579. The van der Waals surface area contributed by atoms with Gasteiger partial charge >= 0.3 is 5.97 Å². The van der Waals surface area contributed by atoms with Gasteiger partial charge in [0.1, 0.15) is 0 Å². The minimum atomic E-state index is -0.775. The van der Waals surface area contributed by atoms with Crippen molar-refractivity contribution in [3.8, 4) is 0 Å². The van der Waals surface area contributed by atoms with Crippen molar-refractivity contribution < 1.29 is 14.7 Å². The largest absolute Gasteiger partial charge is 0.481 e. The molecule has 1 saturated heterocycles. The number of carboxylic acid groups (broad SMARTS) is 1. The Morgan fingerprint density at radius 2 is 2.00 bits per heavy atom. The van der Waals surface area contributed by atoms with Gasteiger partial charge in [-0.25, -0.2) is 0 Å². The predicted octanol–water partition coefficient (Wildman–Crippen LogP) is 3.06. The van der Waals surface area contributed by atoms with Crippen LogP contribution in [0.5, 0.6) is 0 Å². The Labute approximate surface area is 137 Å². The van der Waals surface area contributed by atoms with Crippen molar-refractivity contribution in [1.29, 1.82) is 0 Å². The summed E-state index contributed by atoms with van der Waals surface area (Å²) in [7, 11) is 0. The lowest BCUT2D eigenvalue weighted by Crippen LogP contribution is -2.41. The van der Waals surface area contributed by atoms with E-state index in [1.807, 2.05) is 26.0 Å². The molecule has 1 heterocycles. The van der Waals surface area contributed by atoms with Crippen molar-refractivity contribution in [1.82, 2.24) is 4.90 Å². The summed E-state index contributed by atoms with van der Waals surface area (Å²) in [5, 5.41) is 9.62. The lowest BCUT2D eigenvalue weighted by atomic mass is 9.76. The van der Waals surface area contributed by atoms with Crippen LogP contribution >= 0.6 is 0 Å². The molecule has 4 heteroatoms. The van der Waals surface area contributed by atoms with Crippen LogP contribution in [0.1, 0.15) is 43.7 Å². The molecule has 1 aromatic carbocycles. The van der Waals surface area contributed by atoms with E-state index in [4.69, 9.17) is 0 Å². The Kier molecular flexibility index (Phi) is 3.95. The highest BCUT2D eigenvalue weighted by atomic mass is 16.4. The van der Waals surface area contributed by atoms with Gasteiger partial charge in [-0.3, -0.25) is 9.59 Å². The van der Waals surface area contributed by atoms with E-state index in [2.05, 4.69) is 19.1 Å². The first-order valence-corrected chi connectivity index (χ1v) is 8.44. The fourth-order valence-electron chi connectivity index (χ4n) is 3.96. The Morgan fingerprint density at radius 3 is 2.57 bits per heavy atom. The van der Waals surface area contributed by atoms with Crippen molar-refractivity contribution in [2.75, 3.05) is 13.1 Å². The molecule has 3 unspecified atom stereocenters. The predicted molar refractivity (Wildman–Crippen MR) is 88.1 cm³/mol. The standard InChI is InChI=1S/C19H25NO3/c1-12(2)19(18(22)23)8-9-20(11-19)17(21)16-10-15(16)14-7-5-4-6-13(14)3/h4-7,12,15-16H,8-11H2,1-3H3,(H,22,23). The first kappa shape index (κ1) is 16.0. The van der Waals surface area contributed by atoms with Crippen LogP contribution < -0.4 is 0 Å².